The van der Waals surface area contributed by atoms with Crippen molar-refractivity contribution in [1.82, 2.24) is 4.72 Å². The summed E-state index contributed by atoms with van der Waals surface area (Å²) in [4.78, 5) is 12.4. The van der Waals surface area contributed by atoms with E-state index in [1.54, 1.807) is 30.5 Å². The smallest absolute Gasteiger partial charge is 0.228 e. The number of anilines is 1. The molecule has 1 aromatic heterocycles. The van der Waals surface area contributed by atoms with Crippen LogP contribution < -0.4 is 10.0 Å². The lowest BCUT2D eigenvalue weighted by Gasteiger charge is -2.08. The Morgan fingerprint density at radius 3 is 2.55 bits per heavy atom. The van der Waals surface area contributed by atoms with Crippen LogP contribution in [0.15, 0.2) is 59.7 Å². The highest BCUT2D eigenvalue weighted by Crippen LogP contribution is 2.27. The van der Waals surface area contributed by atoms with Crippen LogP contribution >= 0.6 is 0 Å². The maximum atomic E-state index is 12.4. The minimum atomic E-state index is -3.41. The molecule has 0 saturated heterocycles. The van der Waals surface area contributed by atoms with Crippen molar-refractivity contribution >= 4 is 32.6 Å². The van der Waals surface area contributed by atoms with Crippen LogP contribution in [0.1, 0.15) is 22.3 Å². The third kappa shape index (κ3) is 5.13. The number of carbonyl (C=O) groups excluding carboxylic acids is 1. The number of sulfonamides is 1. The second-order valence-corrected chi connectivity index (χ2v) is 8.77. The molecule has 0 aliphatic carbocycles. The van der Waals surface area contributed by atoms with Crippen molar-refractivity contribution < 1.29 is 17.6 Å². The SMILES string of the molecule is C=CCNS(=O)(=O)Cc1ccc(NC(=O)Cc2coc3c(C)c(C)ccc23)cc1. The summed E-state index contributed by atoms with van der Waals surface area (Å²) in [6, 6.07) is 10.7. The Labute approximate surface area is 170 Å². The Morgan fingerprint density at radius 1 is 1.14 bits per heavy atom. The molecule has 0 spiro atoms. The molecule has 0 unspecified atom stereocenters. The highest BCUT2D eigenvalue weighted by atomic mass is 32.2. The largest absolute Gasteiger partial charge is 0.464 e. The number of hydrogen-bond donors (Lipinski definition) is 2. The van der Waals surface area contributed by atoms with Gasteiger partial charge < -0.3 is 9.73 Å². The van der Waals surface area contributed by atoms with Crippen molar-refractivity contribution in [2.75, 3.05) is 11.9 Å². The monoisotopic (exact) mass is 412 g/mol. The van der Waals surface area contributed by atoms with Gasteiger partial charge in [0.25, 0.3) is 0 Å². The van der Waals surface area contributed by atoms with Gasteiger partial charge in [-0.2, -0.15) is 0 Å². The average molecular weight is 413 g/mol. The number of amides is 1. The summed E-state index contributed by atoms with van der Waals surface area (Å²) < 4.78 is 31.9. The van der Waals surface area contributed by atoms with E-state index >= 15 is 0 Å². The summed E-state index contributed by atoms with van der Waals surface area (Å²) in [7, 11) is -3.41. The molecule has 1 heterocycles. The van der Waals surface area contributed by atoms with Crippen molar-refractivity contribution in [2.45, 2.75) is 26.0 Å². The first kappa shape index (κ1) is 20.8. The van der Waals surface area contributed by atoms with Gasteiger partial charge in [0, 0.05) is 23.2 Å². The van der Waals surface area contributed by atoms with Gasteiger partial charge >= 0.3 is 0 Å². The van der Waals surface area contributed by atoms with Gasteiger partial charge in [-0.15, -0.1) is 6.58 Å². The van der Waals surface area contributed by atoms with Crippen LogP contribution in [-0.4, -0.2) is 20.9 Å². The summed E-state index contributed by atoms with van der Waals surface area (Å²) in [6.45, 7) is 7.70. The molecule has 0 fully saturated rings. The molecule has 152 valence electrons. The van der Waals surface area contributed by atoms with E-state index in [0.29, 0.717) is 11.3 Å². The molecule has 0 aliphatic heterocycles. The van der Waals surface area contributed by atoms with Gasteiger partial charge in [0.1, 0.15) is 5.58 Å². The molecule has 0 aliphatic rings. The zero-order valence-electron chi connectivity index (χ0n) is 16.5. The van der Waals surface area contributed by atoms with Gasteiger partial charge in [0.05, 0.1) is 18.4 Å². The quantitative estimate of drug-likeness (QED) is 0.550. The van der Waals surface area contributed by atoms with E-state index < -0.39 is 10.0 Å². The van der Waals surface area contributed by atoms with E-state index in [1.165, 1.54) is 6.08 Å². The maximum Gasteiger partial charge on any atom is 0.228 e. The second-order valence-electron chi connectivity index (χ2n) is 6.96. The van der Waals surface area contributed by atoms with E-state index in [1.807, 2.05) is 26.0 Å². The predicted octanol–water partition coefficient (Wildman–Crippen LogP) is 3.84. The predicted molar refractivity (Wildman–Crippen MR) is 115 cm³/mol. The fourth-order valence-corrected chi connectivity index (χ4v) is 4.15. The first-order chi connectivity index (χ1) is 13.8. The minimum Gasteiger partial charge on any atom is -0.464 e. The maximum absolute atomic E-state index is 12.4. The number of nitrogens with one attached hydrogen (secondary N) is 2. The van der Waals surface area contributed by atoms with Crippen LogP contribution in [0.5, 0.6) is 0 Å². The lowest BCUT2D eigenvalue weighted by Crippen LogP contribution is -2.25. The summed E-state index contributed by atoms with van der Waals surface area (Å²) in [5.74, 6) is -0.298. The number of hydrogen-bond acceptors (Lipinski definition) is 4. The van der Waals surface area contributed by atoms with Gasteiger partial charge in [0.15, 0.2) is 0 Å². The Kier molecular flexibility index (Phi) is 6.20. The fraction of sp³-hybridized carbons (Fsp3) is 0.227. The summed E-state index contributed by atoms with van der Waals surface area (Å²) in [5.41, 5.74) is 5.09. The van der Waals surface area contributed by atoms with E-state index in [4.69, 9.17) is 4.42 Å². The van der Waals surface area contributed by atoms with Crippen LogP contribution in [0.2, 0.25) is 0 Å². The van der Waals surface area contributed by atoms with E-state index in [2.05, 4.69) is 16.6 Å². The zero-order chi connectivity index (χ0) is 21.0. The third-order valence-electron chi connectivity index (χ3n) is 4.73. The lowest BCUT2D eigenvalue weighted by molar-refractivity contribution is -0.115. The van der Waals surface area contributed by atoms with Gasteiger partial charge in [-0.1, -0.05) is 30.3 Å². The Hall–Kier alpha value is -2.90. The number of rotatable bonds is 8. The molecule has 3 aromatic rings. The molecule has 29 heavy (non-hydrogen) atoms. The van der Waals surface area contributed by atoms with E-state index in [9.17, 15) is 13.2 Å². The number of benzene rings is 2. The number of aryl methyl sites for hydroxylation is 2. The molecule has 3 rings (SSSR count). The van der Waals surface area contributed by atoms with Gasteiger partial charge in [-0.3, -0.25) is 4.79 Å². The zero-order valence-corrected chi connectivity index (χ0v) is 17.3. The molecule has 0 atom stereocenters. The highest BCUT2D eigenvalue weighted by Gasteiger charge is 2.14. The van der Waals surface area contributed by atoms with Gasteiger partial charge in [-0.25, -0.2) is 13.1 Å². The first-order valence-electron chi connectivity index (χ1n) is 9.22. The van der Waals surface area contributed by atoms with Crippen molar-refractivity contribution in [2.24, 2.45) is 0 Å². The average Bonchev–Trinajstić information content (AvgIpc) is 3.08. The molecule has 2 N–H and O–H groups in total. The molecule has 0 radical (unpaired) electrons. The van der Waals surface area contributed by atoms with Crippen molar-refractivity contribution in [3.8, 4) is 0 Å². The van der Waals surface area contributed by atoms with Crippen LogP contribution in [0.3, 0.4) is 0 Å². The number of carbonyl (C=O) groups is 1. The molecular weight excluding hydrogens is 388 g/mol. The highest BCUT2D eigenvalue weighted by molar-refractivity contribution is 7.88. The van der Waals surface area contributed by atoms with Crippen molar-refractivity contribution in [3.05, 3.63) is 77.6 Å². The molecule has 1 amide bonds. The van der Waals surface area contributed by atoms with Crippen LogP contribution in [0.4, 0.5) is 5.69 Å². The topological polar surface area (TPSA) is 88.4 Å². The van der Waals surface area contributed by atoms with Crippen LogP contribution in [0.25, 0.3) is 11.0 Å². The molecule has 2 aromatic carbocycles. The number of fused-ring (bicyclic) bond motifs is 1. The van der Waals surface area contributed by atoms with Crippen molar-refractivity contribution in [1.29, 1.82) is 0 Å². The summed E-state index contributed by atoms with van der Waals surface area (Å²) >= 11 is 0. The molecule has 7 heteroatoms. The minimum absolute atomic E-state index is 0.130. The molecule has 0 saturated carbocycles. The molecule has 6 nitrogen and oxygen atoms in total. The van der Waals surface area contributed by atoms with Crippen LogP contribution in [-0.2, 0) is 27.0 Å². The molecular formula is C22H24N2O4S. The normalized spacial score (nSPS) is 11.5. The first-order valence-corrected chi connectivity index (χ1v) is 10.9. The van der Waals surface area contributed by atoms with E-state index in [0.717, 1.165) is 27.7 Å². The summed E-state index contributed by atoms with van der Waals surface area (Å²) in [6.07, 6.45) is 3.31. The van der Waals surface area contributed by atoms with Crippen LogP contribution in [0, 0.1) is 13.8 Å². The van der Waals surface area contributed by atoms with Gasteiger partial charge in [-0.05, 0) is 42.7 Å². The Morgan fingerprint density at radius 2 is 1.86 bits per heavy atom. The van der Waals surface area contributed by atoms with E-state index in [-0.39, 0.29) is 24.6 Å². The number of furan rings is 1. The van der Waals surface area contributed by atoms with Gasteiger partial charge in [0.2, 0.25) is 15.9 Å². The Balaban J connectivity index is 1.64. The molecule has 0 bridgehead atoms. The second kappa shape index (κ2) is 8.63. The summed E-state index contributed by atoms with van der Waals surface area (Å²) in [5, 5.41) is 3.78. The third-order valence-corrected chi connectivity index (χ3v) is 6.05. The fourth-order valence-electron chi connectivity index (χ4n) is 3.04. The Bertz CT molecular complexity index is 1150. The van der Waals surface area contributed by atoms with Crippen molar-refractivity contribution in [3.63, 3.8) is 0 Å². The lowest BCUT2D eigenvalue weighted by atomic mass is 10.0. The standard InChI is InChI=1S/C22H24N2O4S/c1-4-11-23-29(26,27)14-17-6-8-19(9-7-17)24-21(25)12-18-13-28-22-16(3)15(2)5-10-20(18)22/h4-10,13,23H,1,11-12,14H2,2-3H3,(H,24,25).